The number of rotatable bonds is 14. The second kappa shape index (κ2) is 12.2. The summed E-state index contributed by atoms with van der Waals surface area (Å²) < 4.78 is 12.5. The SMILES string of the molecule is CCCc1nc(SCCCCCCCC(=O)O)c(C(=O)O)n1Cc1cc2c(cc1Cl)OCO2. The molecule has 0 spiro atoms. The van der Waals surface area contributed by atoms with Gasteiger partial charge in [-0.3, -0.25) is 4.79 Å². The number of halogens is 1. The van der Waals surface area contributed by atoms with E-state index in [1.165, 1.54) is 11.8 Å². The van der Waals surface area contributed by atoms with Crippen LogP contribution in [0.2, 0.25) is 5.02 Å². The minimum atomic E-state index is -1.02. The van der Waals surface area contributed by atoms with Crippen molar-refractivity contribution in [2.45, 2.75) is 69.9 Å². The van der Waals surface area contributed by atoms with Gasteiger partial charge in [-0.05, 0) is 36.6 Å². The normalized spacial score (nSPS) is 12.3. The van der Waals surface area contributed by atoms with Crippen LogP contribution < -0.4 is 9.47 Å². The molecule has 0 aliphatic carbocycles. The Balaban J connectivity index is 1.69. The zero-order valence-corrected chi connectivity index (χ0v) is 20.2. The summed E-state index contributed by atoms with van der Waals surface area (Å²) in [5.41, 5.74) is 0.926. The summed E-state index contributed by atoms with van der Waals surface area (Å²) >= 11 is 7.90. The van der Waals surface area contributed by atoms with Gasteiger partial charge in [0.15, 0.2) is 17.2 Å². The lowest BCUT2D eigenvalue weighted by Gasteiger charge is -2.12. The molecule has 3 rings (SSSR count). The zero-order valence-electron chi connectivity index (χ0n) is 18.6. The topological polar surface area (TPSA) is 111 Å². The lowest BCUT2D eigenvalue weighted by molar-refractivity contribution is -0.137. The monoisotopic (exact) mass is 496 g/mol. The van der Waals surface area contributed by atoms with Gasteiger partial charge in [0.25, 0.3) is 0 Å². The second-order valence-electron chi connectivity index (χ2n) is 7.88. The number of hydrogen-bond acceptors (Lipinski definition) is 6. The van der Waals surface area contributed by atoms with Crippen LogP contribution in [0.15, 0.2) is 17.2 Å². The first kappa shape index (κ1) is 25.2. The first-order chi connectivity index (χ1) is 15.9. The third-order valence-electron chi connectivity index (χ3n) is 5.33. The van der Waals surface area contributed by atoms with Crippen molar-refractivity contribution >= 4 is 35.3 Å². The van der Waals surface area contributed by atoms with E-state index in [1.807, 2.05) is 6.92 Å². The molecule has 1 aliphatic rings. The number of aryl methyl sites for hydroxylation is 1. The molecule has 0 unspecified atom stereocenters. The lowest BCUT2D eigenvalue weighted by atomic mass is 10.1. The van der Waals surface area contributed by atoms with Gasteiger partial charge in [0.05, 0.1) is 6.54 Å². The van der Waals surface area contributed by atoms with E-state index in [4.69, 9.17) is 26.2 Å². The van der Waals surface area contributed by atoms with Crippen LogP contribution in [-0.4, -0.2) is 44.2 Å². The lowest BCUT2D eigenvalue weighted by Crippen LogP contribution is -2.13. The number of carboxylic acid groups (broad SMARTS) is 2. The van der Waals surface area contributed by atoms with Crippen LogP contribution in [0.5, 0.6) is 11.5 Å². The van der Waals surface area contributed by atoms with Crippen molar-refractivity contribution < 1.29 is 29.3 Å². The summed E-state index contributed by atoms with van der Waals surface area (Å²) in [4.78, 5) is 27.4. The average molecular weight is 497 g/mol. The van der Waals surface area contributed by atoms with Crippen molar-refractivity contribution in [2.24, 2.45) is 0 Å². The van der Waals surface area contributed by atoms with Crippen molar-refractivity contribution in [1.82, 2.24) is 9.55 Å². The van der Waals surface area contributed by atoms with Crippen LogP contribution in [0.25, 0.3) is 0 Å². The summed E-state index contributed by atoms with van der Waals surface area (Å²) in [5.74, 6) is 0.888. The number of imidazole rings is 1. The van der Waals surface area contributed by atoms with Gasteiger partial charge in [-0.15, -0.1) is 11.8 Å². The van der Waals surface area contributed by atoms with E-state index in [2.05, 4.69) is 4.98 Å². The number of carboxylic acids is 2. The van der Waals surface area contributed by atoms with Crippen molar-refractivity contribution in [1.29, 1.82) is 0 Å². The van der Waals surface area contributed by atoms with E-state index in [0.717, 1.165) is 49.2 Å². The molecule has 2 aromatic rings. The van der Waals surface area contributed by atoms with E-state index >= 15 is 0 Å². The Bertz CT molecular complexity index is 994. The molecule has 1 aromatic carbocycles. The molecule has 0 amide bonds. The molecule has 0 fully saturated rings. The molecular weight excluding hydrogens is 468 g/mol. The quantitative estimate of drug-likeness (QED) is 0.261. The number of carbonyl (C=O) groups is 2. The minimum Gasteiger partial charge on any atom is -0.481 e. The maximum Gasteiger partial charge on any atom is 0.355 e. The Morgan fingerprint density at radius 3 is 2.52 bits per heavy atom. The molecule has 0 bridgehead atoms. The first-order valence-corrected chi connectivity index (χ1v) is 12.5. The highest BCUT2D eigenvalue weighted by atomic mass is 35.5. The van der Waals surface area contributed by atoms with E-state index in [9.17, 15) is 14.7 Å². The molecule has 0 atom stereocenters. The molecule has 2 heterocycles. The van der Waals surface area contributed by atoms with E-state index in [1.54, 1.807) is 16.7 Å². The summed E-state index contributed by atoms with van der Waals surface area (Å²) in [6, 6.07) is 3.49. The molecule has 10 heteroatoms. The van der Waals surface area contributed by atoms with Gasteiger partial charge in [-0.2, -0.15) is 0 Å². The van der Waals surface area contributed by atoms with Crippen LogP contribution in [0.1, 0.15) is 73.7 Å². The molecule has 8 nitrogen and oxygen atoms in total. The van der Waals surface area contributed by atoms with Gasteiger partial charge in [0, 0.05) is 23.9 Å². The van der Waals surface area contributed by atoms with Crippen LogP contribution in [-0.2, 0) is 17.8 Å². The molecular formula is C23H29ClN2O6S. The number of aliphatic carboxylic acids is 1. The predicted octanol–water partition coefficient (Wildman–Crippen LogP) is 5.48. The third kappa shape index (κ3) is 6.80. The van der Waals surface area contributed by atoms with Gasteiger partial charge >= 0.3 is 11.9 Å². The Morgan fingerprint density at radius 2 is 1.82 bits per heavy atom. The highest BCUT2D eigenvalue weighted by Gasteiger charge is 2.24. The van der Waals surface area contributed by atoms with Gasteiger partial charge in [-0.1, -0.05) is 37.8 Å². The summed E-state index contributed by atoms with van der Waals surface area (Å²) in [6.45, 7) is 2.45. The van der Waals surface area contributed by atoms with Crippen LogP contribution in [0.3, 0.4) is 0 Å². The van der Waals surface area contributed by atoms with E-state index in [0.29, 0.717) is 34.4 Å². The number of hydrogen-bond donors (Lipinski definition) is 2. The fourth-order valence-electron chi connectivity index (χ4n) is 3.70. The van der Waals surface area contributed by atoms with Crippen LogP contribution in [0, 0.1) is 0 Å². The Kier molecular flexibility index (Phi) is 9.31. The number of benzene rings is 1. The van der Waals surface area contributed by atoms with Gasteiger partial charge in [0.1, 0.15) is 10.9 Å². The van der Waals surface area contributed by atoms with Crippen molar-refractivity contribution in [2.75, 3.05) is 12.5 Å². The number of thioether (sulfide) groups is 1. The Hall–Kier alpha value is -2.39. The van der Waals surface area contributed by atoms with Crippen molar-refractivity contribution in [3.63, 3.8) is 0 Å². The van der Waals surface area contributed by atoms with Gasteiger partial charge in [0.2, 0.25) is 6.79 Å². The number of fused-ring (bicyclic) bond motifs is 1. The minimum absolute atomic E-state index is 0.141. The molecule has 2 N–H and O–H groups in total. The standard InChI is InChI=1S/C23H29ClN2O6S/c1-2-8-19-25-22(33-10-7-5-3-4-6-9-20(27)28)21(23(29)30)26(19)13-15-11-17-18(12-16(15)24)32-14-31-17/h11-12H,2-10,13-14H2,1H3,(H,27,28)(H,29,30). The highest BCUT2D eigenvalue weighted by Crippen LogP contribution is 2.37. The highest BCUT2D eigenvalue weighted by molar-refractivity contribution is 7.99. The van der Waals surface area contributed by atoms with E-state index < -0.39 is 11.9 Å². The van der Waals surface area contributed by atoms with Crippen LogP contribution in [0.4, 0.5) is 0 Å². The number of aromatic carboxylic acids is 1. The largest absolute Gasteiger partial charge is 0.481 e. The summed E-state index contributed by atoms with van der Waals surface area (Å²) in [5, 5.41) is 19.7. The van der Waals surface area contributed by atoms with Crippen LogP contribution >= 0.6 is 23.4 Å². The summed E-state index contributed by atoms with van der Waals surface area (Å²) in [6.07, 6.45) is 6.16. The number of unbranched alkanes of at least 4 members (excludes halogenated alkanes) is 4. The molecule has 1 aliphatic heterocycles. The van der Waals surface area contributed by atoms with E-state index in [-0.39, 0.29) is 25.5 Å². The first-order valence-electron chi connectivity index (χ1n) is 11.2. The third-order valence-corrected chi connectivity index (χ3v) is 6.74. The predicted molar refractivity (Wildman–Crippen MR) is 126 cm³/mol. The second-order valence-corrected chi connectivity index (χ2v) is 9.37. The average Bonchev–Trinajstić information content (AvgIpc) is 3.34. The fraction of sp³-hybridized carbons (Fsp3) is 0.522. The zero-order chi connectivity index (χ0) is 23.8. The molecule has 180 valence electrons. The Labute approximate surface area is 202 Å². The maximum absolute atomic E-state index is 12.2. The molecule has 0 radical (unpaired) electrons. The molecule has 0 saturated carbocycles. The number of ether oxygens (including phenoxy) is 2. The molecule has 0 saturated heterocycles. The number of aromatic nitrogens is 2. The van der Waals surface area contributed by atoms with Gasteiger partial charge in [-0.25, -0.2) is 9.78 Å². The summed E-state index contributed by atoms with van der Waals surface area (Å²) in [7, 11) is 0. The fourth-order valence-corrected chi connectivity index (χ4v) is 4.95. The molecule has 33 heavy (non-hydrogen) atoms. The Morgan fingerprint density at radius 1 is 1.12 bits per heavy atom. The smallest absolute Gasteiger partial charge is 0.355 e. The maximum atomic E-state index is 12.2. The molecule has 1 aromatic heterocycles. The van der Waals surface area contributed by atoms with Crippen molar-refractivity contribution in [3.8, 4) is 11.5 Å². The van der Waals surface area contributed by atoms with Crippen molar-refractivity contribution in [3.05, 3.63) is 34.2 Å². The van der Waals surface area contributed by atoms with Gasteiger partial charge < -0.3 is 24.3 Å². The number of nitrogens with zero attached hydrogens (tertiary/aromatic N) is 2.